The van der Waals surface area contributed by atoms with Crippen molar-refractivity contribution in [3.63, 3.8) is 0 Å². The molecule has 0 aliphatic rings. The normalized spacial score (nSPS) is 13.6. The second-order valence-electron chi connectivity index (χ2n) is 11.2. The summed E-state index contributed by atoms with van der Waals surface area (Å²) >= 11 is 1.12. The summed E-state index contributed by atoms with van der Waals surface area (Å²) in [7, 11) is 0.638. The fourth-order valence-corrected chi connectivity index (χ4v) is 5.12. The van der Waals surface area contributed by atoms with Gasteiger partial charge in [-0.2, -0.15) is 9.98 Å². The Morgan fingerprint density at radius 2 is 1.84 bits per heavy atom. The lowest BCUT2D eigenvalue weighted by Crippen LogP contribution is -2.43. The van der Waals surface area contributed by atoms with E-state index in [1.54, 1.807) is 37.4 Å². The number of aryl methyl sites for hydroxylation is 1. The van der Waals surface area contributed by atoms with Gasteiger partial charge >= 0.3 is 6.09 Å². The first-order valence-corrected chi connectivity index (χ1v) is 17.7. The van der Waals surface area contributed by atoms with E-state index in [4.69, 9.17) is 28.2 Å². The van der Waals surface area contributed by atoms with Gasteiger partial charge in [0, 0.05) is 24.1 Å². The molecule has 1 amide bonds. The van der Waals surface area contributed by atoms with Gasteiger partial charge < -0.3 is 23.2 Å². The van der Waals surface area contributed by atoms with E-state index < -0.39 is 26.3 Å². The Balaban J connectivity index is 2.07. The highest BCUT2D eigenvalue weighted by Gasteiger charge is 2.37. The largest absolute Gasteiger partial charge is 0.497 e. The molecule has 13 heteroatoms. The quantitative estimate of drug-likeness (QED) is 0.127. The van der Waals surface area contributed by atoms with Gasteiger partial charge in [-0.15, -0.1) is 11.8 Å². The molecular weight excluding hydrogens is 592 g/mol. The minimum atomic E-state index is -2.05. The number of methoxy groups -OCH3 is 2. The molecule has 0 fully saturated rings. The van der Waals surface area contributed by atoms with E-state index in [1.807, 2.05) is 6.92 Å². The van der Waals surface area contributed by atoms with Crippen molar-refractivity contribution >= 4 is 42.6 Å². The summed E-state index contributed by atoms with van der Waals surface area (Å²) in [6.45, 7) is 14.6. The Labute approximate surface area is 257 Å². The third-order valence-electron chi connectivity index (χ3n) is 6.97. The Hall–Kier alpha value is -3.55. The fourth-order valence-electron chi connectivity index (χ4n) is 3.52. The number of carbonyl (C=O) groups excluding carboxylic acids is 1. The standard InChI is InChI=1S/C30H39FN4O6SSi/c1-18(17-39-43(9,10)30(3,4)5)40-24-16-22(37-6)15-23(25(24)31)26(28(42-8)34-29(36)38-7)33-21-13-11-20(12-14-21)27-32-19(2)41-35-27/h11-16,18H,17H2,1-10H3/b33-26-,34-28-/t18-/m0/s1. The van der Waals surface area contributed by atoms with Gasteiger partial charge in [-0.25, -0.2) is 14.2 Å². The Morgan fingerprint density at radius 3 is 2.37 bits per heavy atom. The zero-order valence-corrected chi connectivity index (χ0v) is 28.1. The molecular formula is C30H39FN4O6SSi. The van der Waals surface area contributed by atoms with Crippen molar-refractivity contribution in [2.45, 2.75) is 58.9 Å². The van der Waals surface area contributed by atoms with Crippen LogP contribution in [0.1, 0.15) is 39.1 Å². The summed E-state index contributed by atoms with van der Waals surface area (Å²) in [6.07, 6.45) is 0.388. The topological polar surface area (TPSA) is 118 Å². The molecule has 43 heavy (non-hydrogen) atoms. The number of carbonyl (C=O) groups is 1. The van der Waals surface area contributed by atoms with E-state index in [-0.39, 0.29) is 33.7 Å². The number of hydrogen-bond donors (Lipinski definition) is 0. The van der Waals surface area contributed by atoms with Crippen molar-refractivity contribution in [1.82, 2.24) is 10.1 Å². The molecule has 232 valence electrons. The zero-order valence-electron chi connectivity index (χ0n) is 26.3. The minimum absolute atomic E-state index is 0.0162. The van der Waals surface area contributed by atoms with Gasteiger partial charge in [-0.05, 0) is 61.6 Å². The summed E-state index contributed by atoms with van der Waals surface area (Å²) in [6, 6.07) is 9.91. The van der Waals surface area contributed by atoms with E-state index in [1.165, 1.54) is 26.4 Å². The van der Waals surface area contributed by atoms with E-state index in [0.717, 1.165) is 11.8 Å². The molecule has 3 rings (SSSR count). The summed E-state index contributed by atoms with van der Waals surface area (Å²) in [5.74, 6) is 0.463. The van der Waals surface area contributed by atoms with Gasteiger partial charge in [0.05, 0.1) is 26.5 Å². The smallest absolute Gasteiger partial charge is 0.434 e. The maximum atomic E-state index is 16.3. The van der Waals surface area contributed by atoms with Crippen molar-refractivity contribution in [2.75, 3.05) is 27.1 Å². The van der Waals surface area contributed by atoms with Gasteiger partial charge in [-0.1, -0.05) is 25.9 Å². The molecule has 3 aromatic rings. The number of hydrogen-bond acceptors (Lipinski definition) is 10. The van der Waals surface area contributed by atoms with Gasteiger partial charge in [0.1, 0.15) is 22.6 Å². The van der Waals surface area contributed by atoms with Crippen LogP contribution in [0.2, 0.25) is 18.1 Å². The molecule has 0 saturated heterocycles. The number of halogens is 1. The van der Waals surface area contributed by atoms with E-state index in [0.29, 0.717) is 28.7 Å². The lowest BCUT2D eigenvalue weighted by molar-refractivity contribution is 0.129. The first kappa shape index (κ1) is 33.9. The molecule has 0 aliphatic carbocycles. The van der Waals surface area contributed by atoms with E-state index in [2.05, 4.69) is 49.0 Å². The van der Waals surface area contributed by atoms with Crippen LogP contribution in [0.5, 0.6) is 11.5 Å². The van der Waals surface area contributed by atoms with Crippen LogP contribution in [-0.2, 0) is 9.16 Å². The molecule has 2 aromatic carbocycles. The van der Waals surface area contributed by atoms with Crippen molar-refractivity contribution in [1.29, 1.82) is 0 Å². The monoisotopic (exact) mass is 630 g/mol. The third kappa shape index (κ3) is 8.74. The highest BCUT2D eigenvalue weighted by molar-refractivity contribution is 8.15. The van der Waals surface area contributed by atoms with Crippen LogP contribution in [0.3, 0.4) is 0 Å². The van der Waals surface area contributed by atoms with E-state index in [9.17, 15) is 4.79 Å². The molecule has 1 aromatic heterocycles. The fraction of sp³-hybridized carbons (Fsp3) is 0.433. The molecule has 0 saturated carbocycles. The van der Waals surface area contributed by atoms with Crippen LogP contribution in [-0.4, -0.2) is 68.5 Å². The predicted octanol–water partition coefficient (Wildman–Crippen LogP) is 7.63. The van der Waals surface area contributed by atoms with Gasteiger partial charge in [0.25, 0.3) is 0 Å². The molecule has 1 atom stereocenters. The highest BCUT2D eigenvalue weighted by atomic mass is 32.2. The minimum Gasteiger partial charge on any atom is -0.497 e. The number of aliphatic imine (C=N–C) groups is 2. The van der Waals surface area contributed by atoms with Crippen LogP contribution in [0.4, 0.5) is 14.9 Å². The molecule has 0 spiro atoms. The maximum Gasteiger partial charge on any atom is 0.434 e. The van der Waals surface area contributed by atoms with Crippen molar-refractivity contribution in [3.8, 4) is 22.9 Å². The lowest BCUT2D eigenvalue weighted by atomic mass is 10.1. The highest BCUT2D eigenvalue weighted by Crippen LogP contribution is 2.37. The maximum absolute atomic E-state index is 16.3. The number of rotatable bonds is 10. The van der Waals surface area contributed by atoms with Gasteiger partial charge in [-0.3, -0.25) is 0 Å². The Morgan fingerprint density at radius 1 is 1.16 bits per heavy atom. The molecule has 0 aliphatic heterocycles. The number of thioether (sulfide) groups is 1. The first-order valence-electron chi connectivity index (χ1n) is 13.6. The van der Waals surface area contributed by atoms with Crippen LogP contribution in [0, 0.1) is 12.7 Å². The molecule has 0 bridgehead atoms. The second-order valence-corrected chi connectivity index (χ2v) is 16.8. The van der Waals surface area contributed by atoms with Crippen LogP contribution in [0.15, 0.2) is 50.9 Å². The average Bonchev–Trinajstić information content (AvgIpc) is 3.40. The SMILES string of the molecule is COC(=O)/N=C(SC)/C(=N\c1ccc(-c2noc(C)n2)cc1)c1cc(OC)cc(O[C@@H](C)CO[Si](C)(C)C(C)(C)C)c1F. The van der Waals surface area contributed by atoms with Crippen molar-refractivity contribution in [3.05, 3.63) is 53.7 Å². The number of benzene rings is 2. The zero-order chi connectivity index (χ0) is 31.9. The van der Waals surface area contributed by atoms with Gasteiger partial charge in [0.15, 0.2) is 19.9 Å². The number of amides is 1. The molecule has 0 N–H and O–H groups in total. The molecule has 0 unspecified atom stereocenters. The number of ether oxygens (including phenoxy) is 3. The number of nitrogens with zero attached hydrogens (tertiary/aromatic N) is 4. The summed E-state index contributed by atoms with van der Waals surface area (Å²) < 4.78 is 43.9. The summed E-state index contributed by atoms with van der Waals surface area (Å²) in [4.78, 5) is 25.1. The second kappa shape index (κ2) is 14.3. The van der Waals surface area contributed by atoms with Crippen LogP contribution in [0.25, 0.3) is 11.4 Å². The molecule has 10 nitrogen and oxygen atoms in total. The Bertz CT molecular complexity index is 1480. The lowest BCUT2D eigenvalue weighted by Gasteiger charge is -2.36. The van der Waals surface area contributed by atoms with Crippen LogP contribution < -0.4 is 9.47 Å². The average molecular weight is 631 g/mol. The van der Waals surface area contributed by atoms with Gasteiger partial charge in [0.2, 0.25) is 11.7 Å². The molecule has 0 radical (unpaired) electrons. The first-order chi connectivity index (χ1) is 20.2. The predicted molar refractivity (Wildman–Crippen MR) is 170 cm³/mol. The summed E-state index contributed by atoms with van der Waals surface area (Å²) in [5, 5.41) is 4.08. The van der Waals surface area contributed by atoms with Crippen LogP contribution >= 0.6 is 11.8 Å². The molecule has 1 heterocycles. The summed E-state index contributed by atoms with van der Waals surface area (Å²) in [5.41, 5.74) is 1.29. The Kier molecular flexibility index (Phi) is 11.3. The van der Waals surface area contributed by atoms with Crippen molar-refractivity contribution in [2.24, 2.45) is 9.98 Å². The van der Waals surface area contributed by atoms with Crippen molar-refractivity contribution < 1.29 is 32.3 Å². The van der Waals surface area contributed by atoms with E-state index >= 15 is 4.39 Å². The number of aromatic nitrogens is 2. The third-order valence-corrected chi connectivity index (χ3v) is 12.1.